The lowest BCUT2D eigenvalue weighted by Gasteiger charge is -2.35. The fourth-order valence-electron chi connectivity index (χ4n) is 4.69. The van der Waals surface area contributed by atoms with E-state index in [2.05, 4.69) is 15.1 Å². The van der Waals surface area contributed by atoms with Gasteiger partial charge in [-0.15, -0.1) is 10.2 Å². The quantitative estimate of drug-likeness (QED) is 0.274. The van der Waals surface area contributed by atoms with E-state index >= 15 is 0 Å². The molecule has 184 valence electrons. The van der Waals surface area contributed by atoms with Crippen LogP contribution in [0.15, 0.2) is 72.8 Å². The summed E-state index contributed by atoms with van der Waals surface area (Å²) in [6.45, 7) is 4.18. The highest BCUT2D eigenvalue weighted by molar-refractivity contribution is 5.95. The SMILES string of the molecule is Cc1ccc(-c2nnc3c4ccccc4nc(N4CCN(C(=O)c5ccc([N+](=O)[O-])cc5)CC4)n23)cc1. The molecule has 37 heavy (non-hydrogen) atoms. The molecule has 10 nitrogen and oxygen atoms in total. The topological polar surface area (TPSA) is 110 Å². The van der Waals surface area contributed by atoms with Crippen LogP contribution in [0.1, 0.15) is 15.9 Å². The molecule has 1 saturated heterocycles. The van der Waals surface area contributed by atoms with Crippen LogP contribution in [0, 0.1) is 17.0 Å². The van der Waals surface area contributed by atoms with Crippen LogP contribution in [0.4, 0.5) is 11.6 Å². The van der Waals surface area contributed by atoms with Gasteiger partial charge in [-0.05, 0) is 31.2 Å². The second-order valence-corrected chi connectivity index (χ2v) is 9.06. The number of fused-ring (bicyclic) bond motifs is 3. The maximum atomic E-state index is 13.0. The number of anilines is 1. The number of non-ortho nitro benzene ring substituents is 1. The number of hydrogen-bond acceptors (Lipinski definition) is 7. The summed E-state index contributed by atoms with van der Waals surface area (Å²) in [5.41, 5.74) is 4.08. The minimum Gasteiger partial charge on any atom is -0.338 e. The van der Waals surface area contributed by atoms with Gasteiger partial charge >= 0.3 is 0 Å². The molecule has 0 bridgehead atoms. The predicted octanol–water partition coefficient (Wildman–Crippen LogP) is 4.12. The van der Waals surface area contributed by atoms with Crippen molar-refractivity contribution in [2.75, 3.05) is 31.1 Å². The van der Waals surface area contributed by atoms with Gasteiger partial charge in [-0.25, -0.2) is 9.38 Å². The van der Waals surface area contributed by atoms with E-state index in [-0.39, 0.29) is 11.6 Å². The van der Waals surface area contributed by atoms with Crippen LogP contribution in [0.25, 0.3) is 27.9 Å². The molecule has 0 spiro atoms. The van der Waals surface area contributed by atoms with E-state index in [1.54, 1.807) is 4.90 Å². The predicted molar refractivity (Wildman–Crippen MR) is 140 cm³/mol. The van der Waals surface area contributed by atoms with E-state index in [4.69, 9.17) is 4.98 Å². The Bertz CT molecular complexity index is 1640. The van der Waals surface area contributed by atoms with E-state index < -0.39 is 4.92 Å². The number of hydrogen-bond donors (Lipinski definition) is 0. The van der Waals surface area contributed by atoms with Crippen LogP contribution in [0.2, 0.25) is 0 Å². The highest BCUT2D eigenvalue weighted by Gasteiger charge is 2.26. The molecule has 1 amide bonds. The summed E-state index contributed by atoms with van der Waals surface area (Å²) in [6, 6.07) is 21.8. The number of piperazine rings is 1. The van der Waals surface area contributed by atoms with E-state index in [0.29, 0.717) is 37.6 Å². The summed E-state index contributed by atoms with van der Waals surface area (Å²) >= 11 is 0. The Hall–Kier alpha value is -4.86. The summed E-state index contributed by atoms with van der Waals surface area (Å²) in [6.07, 6.45) is 0. The van der Waals surface area contributed by atoms with Gasteiger partial charge in [-0.3, -0.25) is 14.9 Å². The van der Waals surface area contributed by atoms with E-state index in [0.717, 1.165) is 33.6 Å². The zero-order valence-corrected chi connectivity index (χ0v) is 20.1. The molecule has 0 N–H and O–H groups in total. The zero-order chi connectivity index (χ0) is 25.5. The molecule has 5 aromatic rings. The summed E-state index contributed by atoms with van der Waals surface area (Å²) in [4.78, 5) is 32.4. The van der Waals surface area contributed by atoms with E-state index in [1.807, 2.05) is 59.9 Å². The van der Waals surface area contributed by atoms with Gasteiger partial charge in [0.25, 0.3) is 11.6 Å². The minimum absolute atomic E-state index is 0.0360. The third kappa shape index (κ3) is 4.02. The molecule has 0 aliphatic carbocycles. The number of aromatic nitrogens is 4. The van der Waals surface area contributed by atoms with Crippen LogP contribution in [-0.2, 0) is 0 Å². The monoisotopic (exact) mass is 493 g/mol. The summed E-state index contributed by atoms with van der Waals surface area (Å²) in [5.74, 6) is 1.31. The number of benzene rings is 3. The minimum atomic E-state index is -0.472. The first kappa shape index (κ1) is 22.6. The van der Waals surface area contributed by atoms with Crippen molar-refractivity contribution < 1.29 is 9.72 Å². The maximum Gasteiger partial charge on any atom is 0.269 e. The molecule has 1 fully saturated rings. The van der Waals surface area contributed by atoms with Gasteiger partial charge in [0, 0.05) is 54.8 Å². The van der Waals surface area contributed by atoms with Crippen LogP contribution < -0.4 is 4.90 Å². The number of nitro groups is 1. The average Bonchev–Trinajstić information content (AvgIpc) is 3.38. The van der Waals surface area contributed by atoms with Crippen LogP contribution in [0.3, 0.4) is 0 Å². The number of para-hydroxylation sites is 1. The molecular formula is C27H23N7O3. The fraction of sp³-hybridized carbons (Fsp3) is 0.185. The molecule has 6 rings (SSSR count). The number of aryl methyl sites for hydroxylation is 1. The Morgan fingerprint density at radius 1 is 0.892 bits per heavy atom. The fourth-order valence-corrected chi connectivity index (χ4v) is 4.69. The Kier molecular flexibility index (Phi) is 5.48. The van der Waals surface area contributed by atoms with Crippen molar-refractivity contribution in [3.63, 3.8) is 0 Å². The highest BCUT2D eigenvalue weighted by Crippen LogP contribution is 2.29. The second-order valence-electron chi connectivity index (χ2n) is 9.06. The van der Waals surface area contributed by atoms with Crippen molar-refractivity contribution in [2.24, 2.45) is 0 Å². The largest absolute Gasteiger partial charge is 0.338 e. The van der Waals surface area contributed by atoms with Gasteiger partial charge in [0.1, 0.15) is 0 Å². The van der Waals surface area contributed by atoms with Crippen LogP contribution >= 0.6 is 0 Å². The molecule has 3 aromatic carbocycles. The molecular weight excluding hydrogens is 470 g/mol. The number of nitrogens with zero attached hydrogens (tertiary/aromatic N) is 7. The Labute approximate surface area is 211 Å². The number of amides is 1. The molecule has 0 atom stereocenters. The van der Waals surface area contributed by atoms with Crippen molar-refractivity contribution in [2.45, 2.75) is 6.92 Å². The number of nitro benzene ring substituents is 1. The maximum absolute atomic E-state index is 13.0. The molecule has 0 radical (unpaired) electrons. The molecule has 0 saturated carbocycles. The lowest BCUT2D eigenvalue weighted by atomic mass is 10.1. The molecule has 2 aromatic heterocycles. The van der Waals surface area contributed by atoms with E-state index in [9.17, 15) is 14.9 Å². The van der Waals surface area contributed by atoms with Crippen LogP contribution in [-0.4, -0.2) is 61.5 Å². The molecule has 1 aliphatic rings. The van der Waals surface area contributed by atoms with Gasteiger partial charge in [-0.2, -0.15) is 0 Å². The lowest BCUT2D eigenvalue weighted by Crippen LogP contribution is -2.49. The van der Waals surface area contributed by atoms with Gasteiger partial charge in [0.15, 0.2) is 11.5 Å². The number of carbonyl (C=O) groups excluding carboxylic acids is 1. The van der Waals surface area contributed by atoms with Crippen molar-refractivity contribution in [3.8, 4) is 11.4 Å². The number of rotatable bonds is 4. The second kappa shape index (κ2) is 8.98. The third-order valence-corrected chi connectivity index (χ3v) is 6.71. The Balaban J connectivity index is 1.33. The van der Waals surface area contributed by atoms with Gasteiger partial charge in [0.2, 0.25) is 5.95 Å². The lowest BCUT2D eigenvalue weighted by molar-refractivity contribution is -0.384. The van der Waals surface area contributed by atoms with Crippen molar-refractivity contribution in [1.82, 2.24) is 24.5 Å². The van der Waals surface area contributed by atoms with Crippen LogP contribution in [0.5, 0.6) is 0 Å². The molecule has 0 unspecified atom stereocenters. The zero-order valence-electron chi connectivity index (χ0n) is 20.1. The van der Waals surface area contributed by atoms with E-state index in [1.165, 1.54) is 24.3 Å². The molecule has 3 heterocycles. The summed E-state index contributed by atoms with van der Waals surface area (Å²) in [7, 11) is 0. The highest BCUT2D eigenvalue weighted by atomic mass is 16.6. The van der Waals surface area contributed by atoms with Crippen molar-refractivity contribution >= 4 is 34.1 Å². The Morgan fingerprint density at radius 2 is 1.59 bits per heavy atom. The summed E-state index contributed by atoms with van der Waals surface area (Å²) < 4.78 is 2.00. The average molecular weight is 494 g/mol. The number of carbonyl (C=O) groups is 1. The standard InChI is InChI=1S/C27H23N7O3/c1-18-6-8-19(9-7-18)24-29-30-25-22-4-2-3-5-23(22)28-27(33(24)25)32-16-14-31(15-17-32)26(35)20-10-12-21(13-11-20)34(36)37/h2-13H,14-17H2,1H3. The molecule has 10 heteroatoms. The Morgan fingerprint density at radius 3 is 2.30 bits per heavy atom. The summed E-state index contributed by atoms with van der Waals surface area (Å²) in [5, 5.41) is 20.9. The molecule has 1 aliphatic heterocycles. The first-order chi connectivity index (χ1) is 18.0. The smallest absolute Gasteiger partial charge is 0.269 e. The normalized spacial score (nSPS) is 13.9. The van der Waals surface area contributed by atoms with Crippen molar-refractivity contribution in [1.29, 1.82) is 0 Å². The van der Waals surface area contributed by atoms with Gasteiger partial charge in [0.05, 0.1) is 10.4 Å². The van der Waals surface area contributed by atoms with Crippen molar-refractivity contribution in [3.05, 3.63) is 94.0 Å². The third-order valence-electron chi connectivity index (χ3n) is 6.71. The first-order valence-electron chi connectivity index (χ1n) is 12.0. The first-order valence-corrected chi connectivity index (χ1v) is 12.0. The van der Waals surface area contributed by atoms with Gasteiger partial charge < -0.3 is 9.80 Å². The van der Waals surface area contributed by atoms with Gasteiger partial charge in [-0.1, -0.05) is 42.0 Å².